The number of tetrazole rings is 1. The minimum atomic E-state index is -0.458. The molecule has 0 aliphatic heterocycles. The summed E-state index contributed by atoms with van der Waals surface area (Å²) in [6.07, 6.45) is 1.58. The molecule has 0 spiro atoms. The fourth-order valence-corrected chi connectivity index (χ4v) is 2.39. The lowest BCUT2D eigenvalue weighted by molar-refractivity contribution is -0.134. The van der Waals surface area contributed by atoms with E-state index in [1.807, 2.05) is 0 Å². The first kappa shape index (κ1) is 17.0. The van der Waals surface area contributed by atoms with Gasteiger partial charge in [0.25, 0.3) is 0 Å². The van der Waals surface area contributed by atoms with Crippen LogP contribution in [0.3, 0.4) is 0 Å². The van der Waals surface area contributed by atoms with Crippen molar-refractivity contribution in [3.8, 4) is 11.4 Å². The molecule has 0 radical (unpaired) electrons. The van der Waals surface area contributed by atoms with Crippen molar-refractivity contribution in [3.05, 3.63) is 64.9 Å². The molecule has 0 amide bonds. The zero-order chi connectivity index (χ0) is 17.6. The van der Waals surface area contributed by atoms with E-state index >= 15 is 0 Å². The summed E-state index contributed by atoms with van der Waals surface area (Å²) in [5.74, 6) is -0.156. The zero-order valence-electron chi connectivity index (χ0n) is 13.0. The van der Waals surface area contributed by atoms with Crippen molar-refractivity contribution in [3.63, 3.8) is 0 Å². The van der Waals surface area contributed by atoms with E-state index in [1.54, 1.807) is 48.5 Å². The summed E-state index contributed by atoms with van der Waals surface area (Å²) in [6.45, 7) is 0. The molecule has 25 heavy (non-hydrogen) atoms. The Bertz CT molecular complexity index is 862. The SMILES string of the molecule is O=C(CCC(=O)c1ccc(Br)cc1)Oc1ccc(-n2cnnn2)cc1. The third kappa shape index (κ3) is 4.57. The van der Waals surface area contributed by atoms with Crippen LogP contribution in [-0.4, -0.2) is 32.0 Å². The van der Waals surface area contributed by atoms with Gasteiger partial charge in [-0.1, -0.05) is 28.1 Å². The van der Waals surface area contributed by atoms with E-state index in [0.717, 1.165) is 10.2 Å². The Balaban J connectivity index is 1.52. The molecule has 0 saturated heterocycles. The van der Waals surface area contributed by atoms with Crippen LogP contribution in [0.1, 0.15) is 23.2 Å². The second kappa shape index (κ2) is 7.80. The van der Waals surface area contributed by atoms with Crippen LogP contribution in [0.2, 0.25) is 0 Å². The number of carbonyl (C=O) groups is 2. The average molecular weight is 401 g/mol. The maximum absolute atomic E-state index is 12.0. The van der Waals surface area contributed by atoms with Crippen LogP contribution in [-0.2, 0) is 4.79 Å². The van der Waals surface area contributed by atoms with E-state index in [9.17, 15) is 9.59 Å². The van der Waals surface area contributed by atoms with Crippen molar-refractivity contribution < 1.29 is 14.3 Å². The molecule has 3 aromatic rings. The first-order valence-electron chi connectivity index (χ1n) is 7.45. The van der Waals surface area contributed by atoms with Gasteiger partial charge in [0.1, 0.15) is 12.1 Å². The fraction of sp³-hybridized carbons (Fsp3) is 0.118. The van der Waals surface area contributed by atoms with Crippen LogP contribution in [0, 0.1) is 0 Å². The summed E-state index contributed by atoms with van der Waals surface area (Å²) in [5, 5.41) is 10.9. The van der Waals surface area contributed by atoms with Gasteiger partial charge in [-0.2, -0.15) is 0 Å². The molecule has 0 unspecified atom stereocenters. The summed E-state index contributed by atoms with van der Waals surface area (Å²) in [5.41, 5.74) is 1.32. The number of carbonyl (C=O) groups excluding carboxylic acids is 2. The molecular formula is C17H13BrN4O3. The summed E-state index contributed by atoms with van der Waals surface area (Å²) in [7, 11) is 0. The van der Waals surface area contributed by atoms with Gasteiger partial charge < -0.3 is 4.74 Å². The largest absolute Gasteiger partial charge is 0.427 e. The summed E-state index contributed by atoms with van der Waals surface area (Å²) in [4.78, 5) is 23.9. The molecule has 0 fully saturated rings. The van der Waals surface area contributed by atoms with Crippen molar-refractivity contribution >= 4 is 27.7 Å². The second-order valence-corrected chi connectivity index (χ2v) is 6.07. The number of hydrogen-bond donors (Lipinski definition) is 0. The van der Waals surface area contributed by atoms with Crippen molar-refractivity contribution in [2.45, 2.75) is 12.8 Å². The Hall–Kier alpha value is -2.87. The molecule has 0 atom stereocenters. The molecule has 7 nitrogen and oxygen atoms in total. The standard InChI is InChI=1S/C17H13BrN4O3/c18-13-3-1-12(2-4-13)16(23)9-10-17(24)25-15-7-5-14(6-8-15)22-11-19-20-21-22/h1-8,11H,9-10H2. The predicted octanol–water partition coefficient (Wildman–Crippen LogP) is 2.99. The number of esters is 1. The highest BCUT2D eigenvalue weighted by Crippen LogP contribution is 2.16. The Kier molecular flexibility index (Phi) is 5.30. The molecule has 0 aliphatic carbocycles. The number of Topliss-reactive ketones (excluding diaryl/α,β-unsaturated/α-hetero) is 1. The Morgan fingerprint density at radius 1 is 1.00 bits per heavy atom. The molecule has 2 aromatic carbocycles. The molecule has 0 aliphatic rings. The maximum Gasteiger partial charge on any atom is 0.311 e. The minimum Gasteiger partial charge on any atom is -0.427 e. The molecule has 0 bridgehead atoms. The normalized spacial score (nSPS) is 10.4. The van der Waals surface area contributed by atoms with Crippen molar-refractivity contribution in [1.29, 1.82) is 0 Å². The summed E-state index contributed by atoms with van der Waals surface area (Å²) < 4.78 is 7.62. The van der Waals surface area contributed by atoms with Crippen LogP contribution in [0.15, 0.2) is 59.3 Å². The molecule has 1 heterocycles. The third-order valence-corrected chi connectivity index (χ3v) is 3.93. The summed E-state index contributed by atoms with van der Waals surface area (Å²) in [6, 6.07) is 13.8. The van der Waals surface area contributed by atoms with Gasteiger partial charge >= 0.3 is 5.97 Å². The van der Waals surface area contributed by atoms with Crippen LogP contribution < -0.4 is 4.74 Å². The lowest BCUT2D eigenvalue weighted by Gasteiger charge is -2.05. The van der Waals surface area contributed by atoms with Gasteiger partial charge in [-0.3, -0.25) is 9.59 Å². The van der Waals surface area contributed by atoms with Crippen LogP contribution >= 0.6 is 15.9 Å². The number of rotatable bonds is 6. The number of halogens is 1. The Morgan fingerprint density at radius 2 is 1.72 bits per heavy atom. The first-order chi connectivity index (χ1) is 12.1. The molecule has 8 heteroatoms. The van der Waals surface area contributed by atoms with Gasteiger partial charge in [-0.15, -0.1) is 5.10 Å². The number of benzene rings is 2. The fourth-order valence-electron chi connectivity index (χ4n) is 2.12. The number of ether oxygens (including phenoxy) is 1. The van der Waals surface area contributed by atoms with E-state index in [-0.39, 0.29) is 18.6 Å². The quantitative estimate of drug-likeness (QED) is 0.359. The average Bonchev–Trinajstić information content (AvgIpc) is 3.15. The highest BCUT2D eigenvalue weighted by atomic mass is 79.9. The number of ketones is 1. The number of aromatic nitrogens is 4. The first-order valence-corrected chi connectivity index (χ1v) is 8.24. The maximum atomic E-state index is 12.0. The van der Waals surface area contributed by atoms with E-state index < -0.39 is 5.97 Å². The lowest BCUT2D eigenvalue weighted by atomic mass is 10.1. The Morgan fingerprint density at radius 3 is 2.36 bits per heavy atom. The van der Waals surface area contributed by atoms with E-state index in [2.05, 4.69) is 31.5 Å². The summed E-state index contributed by atoms with van der Waals surface area (Å²) >= 11 is 3.31. The molecule has 126 valence electrons. The topological polar surface area (TPSA) is 87.0 Å². The van der Waals surface area contributed by atoms with E-state index in [0.29, 0.717) is 11.3 Å². The molecule has 0 N–H and O–H groups in total. The third-order valence-electron chi connectivity index (χ3n) is 3.40. The van der Waals surface area contributed by atoms with Gasteiger partial charge in [0.2, 0.25) is 0 Å². The molecule has 1 aromatic heterocycles. The Labute approximate surface area is 151 Å². The smallest absolute Gasteiger partial charge is 0.311 e. The van der Waals surface area contributed by atoms with Crippen molar-refractivity contribution in [2.75, 3.05) is 0 Å². The van der Waals surface area contributed by atoms with Crippen LogP contribution in [0.25, 0.3) is 5.69 Å². The van der Waals surface area contributed by atoms with Crippen LogP contribution in [0.4, 0.5) is 0 Å². The zero-order valence-corrected chi connectivity index (χ0v) is 14.6. The van der Waals surface area contributed by atoms with Gasteiger partial charge in [0.05, 0.1) is 12.1 Å². The lowest BCUT2D eigenvalue weighted by Crippen LogP contribution is -2.11. The second-order valence-electron chi connectivity index (χ2n) is 5.15. The highest BCUT2D eigenvalue weighted by molar-refractivity contribution is 9.10. The molecule has 0 saturated carbocycles. The minimum absolute atomic E-state index is 0.0175. The van der Waals surface area contributed by atoms with Crippen molar-refractivity contribution in [1.82, 2.24) is 20.2 Å². The number of nitrogens with zero attached hydrogens (tertiary/aromatic N) is 4. The predicted molar refractivity (Wildman–Crippen MR) is 92.5 cm³/mol. The van der Waals surface area contributed by atoms with Gasteiger partial charge in [-0.05, 0) is 46.8 Å². The van der Waals surface area contributed by atoms with E-state index in [4.69, 9.17) is 4.74 Å². The van der Waals surface area contributed by atoms with Crippen LogP contribution in [0.5, 0.6) is 5.75 Å². The molecular weight excluding hydrogens is 388 g/mol. The van der Waals surface area contributed by atoms with Gasteiger partial charge in [-0.25, -0.2) is 4.68 Å². The van der Waals surface area contributed by atoms with Gasteiger partial charge in [0, 0.05) is 16.5 Å². The van der Waals surface area contributed by atoms with Gasteiger partial charge in [0.15, 0.2) is 5.78 Å². The monoisotopic (exact) mass is 400 g/mol. The van der Waals surface area contributed by atoms with Crippen molar-refractivity contribution in [2.24, 2.45) is 0 Å². The van der Waals surface area contributed by atoms with E-state index in [1.165, 1.54) is 11.0 Å². The number of hydrogen-bond acceptors (Lipinski definition) is 6. The molecule has 3 rings (SSSR count). The highest BCUT2D eigenvalue weighted by Gasteiger charge is 2.11.